The van der Waals surface area contributed by atoms with E-state index in [9.17, 15) is 9.59 Å². The van der Waals surface area contributed by atoms with Gasteiger partial charge in [-0.05, 0) is 36.3 Å². The summed E-state index contributed by atoms with van der Waals surface area (Å²) in [4.78, 5) is 32.7. The van der Waals surface area contributed by atoms with Crippen LogP contribution in [0.2, 0.25) is 0 Å². The molecule has 0 unspecified atom stereocenters. The van der Waals surface area contributed by atoms with Crippen molar-refractivity contribution in [1.29, 1.82) is 0 Å². The normalized spacial score (nSPS) is 16.4. The summed E-state index contributed by atoms with van der Waals surface area (Å²) < 4.78 is 18.7. The fourth-order valence-corrected chi connectivity index (χ4v) is 5.54. The number of thiazole rings is 1. The summed E-state index contributed by atoms with van der Waals surface area (Å²) in [6.07, 6.45) is 1.84. The first-order valence-electron chi connectivity index (χ1n) is 11.9. The molecule has 3 heterocycles. The van der Waals surface area contributed by atoms with Gasteiger partial charge in [0.2, 0.25) is 6.79 Å². The molecule has 3 aromatic carbocycles. The monoisotopic (exact) mass is 510 g/mol. The molecule has 0 amide bonds. The highest BCUT2D eigenvalue weighted by Crippen LogP contribution is 2.39. The average Bonchev–Trinajstić information content (AvgIpc) is 3.52. The Bertz CT molecular complexity index is 1700. The van der Waals surface area contributed by atoms with Gasteiger partial charge in [-0.1, -0.05) is 78.1 Å². The quantitative estimate of drug-likeness (QED) is 0.383. The number of esters is 1. The number of hydrogen-bond acceptors (Lipinski definition) is 7. The Labute approximate surface area is 216 Å². The van der Waals surface area contributed by atoms with Gasteiger partial charge in [0.05, 0.1) is 28.5 Å². The first-order chi connectivity index (χ1) is 18.1. The van der Waals surface area contributed by atoms with Crippen molar-refractivity contribution < 1.29 is 19.0 Å². The number of benzene rings is 3. The van der Waals surface area contributed by atoms with Crippen LogP contribution in [0.5, 0.6) is 11.5 Å². The summed E-state index contributed by atoms with van der Waals surface area (Å²) >= 11 is 1.29. The number of hydrogen-bond donors (Lipinski definition) is 0. The van der Waals surface area contributed by atoms with Crippen LogP contribution in [0.4, 0.5) is 0 Å². The van der Waals surface area contributed by atoms with Gasteiger partial charge >= 0.3 is 5.97 Å². The number of fused-ring (bicyclic) bond motifs is 2. The molecule has 1 atom stereocenters. The highest BCUT2D eigenvalue weighted by Gasteiger charge is 2.36. The molecule has 0 saturated heterocycles. The van der Waals surface area contributed by atoms with Crippen molar-refractivity contribution >= 4 is 29.1 Å². The van der Waals surface area contributed by atoms with E-state index in [-0.39, 0.29) is 19.0 Å². The van der Waals surface area contributed by atoms with Crippen molar-refractivity contribution in [2.24, 2.45) is 4.99 Å². The third-order valence-corrected chi connectivity index (χ3v) is 7.17. The topological polar surface area (TPSA) is 79.1 Å². The molecule has 7 nitrogen and oxygen atoms in total. The second-order valence-corrected chi connectivity index (χ2v) is 9.46. The fraction of sp³-hybridized carbons (Fsp3) is 0.138. The van der Waals surface area contributed by atoms with E-state index in [1.165, 1.54) is 11.3 Å². The maximum absolute atomic E-state index is 13.9. The molecule has 2 aliphatic rings. The van der Waals surface area contributed by atoms with E-state index in [2.05, 4.69) is 0 Å². The van der Waals surface area contributed by atoms with Crippen LogP contribution >= 0.6 is 11.3 Å². The Balaban J connectivity index is 1.66. The van der Waals surface area contributed by atoms with Crippen LogP contribution in [-0.4, -0.2) is 23.9 Å². The van der Waals surface area contributed by atoms with E-state index in [4.69, 9.17) is 19.2 Å². The summed E-state index contributed by atoms with van der Waals surface area (Å²) in [5, 5.41) is 0. The standard InChI is InChI=1S/C29H22N2O5S/c1-2-34-28(33)24-25(19-11-7-4-8-12-19)30-29-31(26(24)20-13-14-21-22(16-20)36-17-35-21)27(32)23(37-29)15-18-9-5-3-6-10-18/h3-16,26H,2,17H2,1H3/t26-/m0/s1. The zero-order valence-corrected chi connectivity index (χ0v) is 20.7. The lowest BCUT2D eigenvalue weighted by molar-refractivity contribution is -0.138. The van der Waals surface area contributed by atoms with Crippen LogP contribution < -0.4 is 24.4 Å². The van der Waals surface area contributed by atoms with Crippen LogP contribution in [0.25, 0.3) is 11.8 Å². The lowest BCUT2D eigenvalue weighted by Crippen LogP contribution is -2.40. The van der Waals surface area contributed by atoms with Gasteiger partial charge in [-0.25, -0.2) is 9.79 Å². The molecule has 0 fully saturated rings. The summed E-state index contributed by atoms with van der Waals surface area (Å²) in [7, 11) is 0. The Morgan fingerprint density at radius 2 is 1.78 bits per heavy atom. The molecule has 184 valence electrons. The Morgan fingerprint density at radius 3 is 2.54 bits per heavy atom. The maximum Gasteiger partial charge on any atom is 0.338 e. The summed E-state index contributed by atoms with van der Waals surface area (Å²) in [5.74, 6) is 0.653. The van der Waals surface area contributed by atoms with Gasteiger partial charge in [-0.15, -0.1) is 0 Å². The Morgan fingerprint density at radius 1 is 1.05 bits per heavy atom. The molecule has 6 rings (SSSR count). The molecule has 0 spiro atoms. The number of rotatable bonds is 5. The number of carbonyl (C=O) groups is 1. The largest absolute Gasteiger partial charge is 0.463 e. The van der Waals surface area contributed by atoms with Gasteiger partial charge in [0.25, 0.3) is 5.56 Å². The van der Waals surface area contributed by atoms with E-state index in [0.717, 1.165) is 11.1 Å². The molecule has 4 aromatic rings. The molecule has 0 radical (unpaired) electrons. The zero-order valence-electron chi connectivity index (χ0n) is 19.9. The Hall–Kier alpha value is -4.43. The molecule has 0 saturated carbocycles. The Kier molecular flexibility index (Phi) is 5.94. The van der Waals surface area contributed by atoms with E-state index < -0.39 is 12.0 Å². The highest BCUT2D eigenvalue weighted by atomic mass is 32.1. The van der Waals surface area contributed by atoms with Crippen molar-refractivity contribution in [3.05, 3.63) is 121 Å². The van der Waals surface area contributed by atoms with E-state index in [1.54, 1.807) is 17.6 Å². The van der Waals surface area contributed by atoms with Gasteiger partial charge in [-0.2, -0.15) is 0 Å². The predicted molar refractivity (Wildman–Crippen MR) is 140 cm³/mol. The lowest BCUT2D eigenvalue weighted by atomic mass is 9.93. The first-order valence-corrected chi connectivity index (χ1v) is 12.7. The van der Waals surface area contributed by atoms with Gasteiger partial charge < -0.3 is 14.2 Å². The number of carbonyl (C=O) groups excluding carboxylic acids is 1. The SMILES string of the molecule is CCOC(=O)C1=C(c2ccccc2)N=c2sc(=Cc3ccccc3)c(=O)n2[C@H]1c1ccc2c(c1)OCO2. The van der Waals surface area contributed by atoms with Crippen LogP contribution in [0.1, 0.15) is 29.7 Å². The fourth-order valence-electron chi connectivity index (χ4n) is 4.54. The number of ether oxygens (including phenoxy) is 3. The molecule has 8 heteroatoms. The van der Waals surface area contributed by atoms with Crippen molar-refractivity contribution in [2.45, 2.75) is 13.0 Å². The number of nitrogens with zero attached hydrogens (tertiary/aromatic N) is 2. The minimum absolute atomic E-state index is 0.120. The van der Waals surface area contributed by atoms with Gasteiger partial charge in [-0.3, -0.25) is 9.36 Å². The van der Waals surface area contributed by atoms with E-state index in [1.807, 2.05) is 78.9 Å². The zero-order chi connectivity index (χ0) is 25.4. The van der Waals surface area contributed by atoms with Gasteiger partial charge in [0.1, 0.15) is 0 Å². The second kappa shape index (κ2) is 9.55. The van der Waals surface area contributed by atoms with Crippen molar-refractivity contribution in [3.8, 4) is 11.5 Å². The summed E-state index contributed by atoms with van der Waals surface area (Å²) in [6.45, 7) is 2.07. The van der Waals surface area contributed by atoms with E-state index >= 15 is 0 Å². The summed E-state index contributed by atoms with van der Waals surface area (Å²) in [5.41, 5.74) is 2.91. The minimum atomic E-state index is -0.766. The molecular formula is C29H22N2O5S. The highest BCUT2D eigenvalue weighted by molar-refractivity contribution is 7.07. The molecule has 0 N–H and O–H groups in total. The van der Waals surface area contributed by atoms with Crippen LogP contribution in [0.3, 0.4) is 0 Å². The van der Waals surface area contributed by atoms with Crippen molar-refractivity contribution in [3.63, 3.8) is 0 Å². The maximum atomic E-state index is 13.9. The van der Waals surface area contributed by atoms with Gasteiger partial charge in [0, 0.05) is 5.56 Å². The molecule has 37 heavy (non-hydrogen) atoms. The molecule has 1 aromatic heterocycles. The lowest BCUT2D eigenvalue weighted by Gasteiger charge is -2.26. The van der Waals surface area contributed by atoms with Crippen LogP contribution in [0, 0.1) is 0 Å². The van der Waals surface area contributed by atoms with Crippen molar-refractivity contribution in [1.82, 2.24) is 4.57 Å². The smallest absolute Gasteiger partial charge is 0.338 e. The predicted octanol–water partition coefficient (Wildman–Crippen LogP) is 3.66. The molecule has 2 aliphatic heterocycles. The van der Waals surface area contributed by atoms with Crippen molar-refractivity contribution in [2.75, 3.05) is 13.4 Å². The average molecular weight is 511 g/mol. The van der Waals surface area contributed by atoms with Crippen LogP contribution in [-0.2, 0) is 9.53 Å². The minimum Gasteiger partial charge on any atom is -0.463 e. The number of aromatic nitrogens is 1. The van der Waals surface area contributed by atoms with E-state index in [0.29, 0.717) is 37.7 Å². The second-order valence-electron chi connectivity index (χ2n) is 8.45. The molecule has 0 bridgehead atoms. The third-order valence-electron chi connectivity index (χ3n) is 6.18. The van der Waals surface area contributed by atoms with Gasteiger partial charge in [0.15, 0.2) is 16.3 Å². The first kappa shape index (κ1) is 23.0. The molecule has 0 aliphatic carbocycles. The molecular weight excluding hydrogens is 488 g/mol. The van der Waals surface area contributed by atoms with Crippen LogP contribution in [0.15, 0.2) is 94.2 Å². The summed E-state index contributed by atoms with van der Waals surface area (Å²) in [6, 6.07) is 23.8. The third kappa shape index (κ3) is 4.15.